The Morgan fingerprint density at radius 2 is 2.00 bits per heavy atom. The fraction of sp³-hybridized carbons (Fsp3) is 0.417. The zero-order valence-electron chi connectivity index (χ0n) is 10.0. The number of sulfone groups is 1. The number of rotatable bonds is 2. The van der Waals surface area contributed by atoms with Crippen LogP contribution in [0.5, 0.6) is 5.75 Å². The van der Waals surface area contributed by atoms with Crippen LogP contribution < -0.4 is 0 Å². The molecule has 1 heterocycles. The molecule has 0 aliphatic carbocycles. The van der Waals surface area contributed by atoms with Gasteiger partial charge in [-0.2, -0.15) is 0 Å². The van der Waals surface area contributed by atoms with Gasteiger partial charge in [0.2, 0.25) is 0 Å². The Kier molecular flexibility index (Phi) is 2.66. The first-order valence-electron chi connectivity index (χ1n) is 5.46. The summed E-state index contributed by atoms with van der Waals surface area (Å²) in [6.07, 6.45) is 0. The first-order chi connectivity index (χ1) is 8.18. The number of carbonyl (C=O) groups is 1. The topological polar surface area (TPSA) is 91.7 Å². The summed E-state index contributed by atoms with van der Waals surface area (Å²) in [6.45, 7) is 2.94. The summed E-state index contributed by atoms with van der Waals surface area (Å²) in [5.74, 6) is -2.26. The monoisotopic (exact) mass is 270 g/mol. The largest absolute Gasteiger partial charge is 0.508 e. The van der Waals surface area contributed by atoms with E-state index in [1.165, 1.54) is 32.0 Å². The lowest BCUT2D eigenvalue weighted by atomic mass is 9.76. The lowest BCUT2D eigenvalue weighted by Crippen LogP contribution is -2.32. The van der Waals surface area contributed by atoms with E-state index in [0.29, 0.717) is 0 Å². The molecule has 0 saturated heterocycles. The Hall–Kier alpha value is -1.56. The minimum atomic E-state index is -3.52. The van der Waals surface area contributed by atoms with Gasteiger partial charge in [-0.15, -0.1) is 0 Å². The van der Waals surface area contributed by atoms with Crippen LogP contribution in [0.4, 0.5) is 0 Å². The first-order valence-corrected chi connectivity index (χ1v) is 7.11. The molecule has 0 aromatic heterocycles. The third-order valence-electron chi connectivity index (χ3n) is 3.54. The standard InChI is InChI=1S/C12H14O5S/c1-12(2,11(14)15)7-6-18(16,17)9-5-3-4-8(13)10(7)9/h3-5,7,13H,6H2,1-2H3,(H,14,15). The Morgan fingerprint density at radius 3 is 2.56 bits per heavy atom. The lowest BCUT2D eigenvalue weighted by molar-refractivity contribution is -0.147. The molecular weight excluding hydrogens is 256 g/mol. The van der Waals surface area contributed by atoms with Gasteiger partial charge in [-0.05, 0) is 26.0 Å². The minimum absolute atomic E-state index is 0.0434. The van der Waals surface area contributed by atoms with Crippen LogP contribution in [0.2, 0.25) is 0 Å². The van der Waals surface area contributed by atoms with Gasteiger partial charge >= 0.3 is 5.97 Å². The summed E-state index contributed by atoms with van der Waals surface area (Å²) < 4.78 is 24.0. The van der Waals surface area contributed by atoms with E-state index in [1.807, 2.05) is 0 Å². The summed E-state index contributed by atoms with van der Waals surface area (Å²) in [6, 6.07) is 4.23. The molecule has 6 heteroatoms. The number of hydrogen-bond donors (Lipinski definition) is 2. The quantitative estimate of drug-likeness (QED) is 0.847. The number of carboxylic acids is 1. The molecule has 0 saturated carbocycles. The third-order valence-corrected chi connectivity index (χ3v) is 5.33. The molecule has 0 fully saturated rings. The predicted octanol–water partition coefficient (Wildman–Crippen LogP) is 1.37. The highest BCUT2D eigenvalue weighted by atomic mass is 32.2. The number of fused-ring (bicyclic) bond motifs is 1. The van der Waals surface area contributed by atoms with Crippen molar-refractivity contribution in [2.24, 2.45) is 5.41 Å². The summed E-state index contributed by atoms with van der Waals surface area (Å²) in [5.41, 5.74) is -1.03. The Labute approximate surface area is 105 Å². The van der Waals surface area contributed by atoms with Crippen molar-refractivity contribution in [1.82, 2.24) is 0 Å². The molecule has 1 aliphatic rings. The van der Waals surface area contributed by atoms with Gasteiger partial charge in [0.1, 0.15) is 5.75 Å². The van der Waals surface area contributed by atoms with Crippen LogP contribution in [0.25, 0.3) is 0 Å². The van der Waals surface area contributed by atoms with Gasteiger partial charge in [0.15, 0.2) is 9.84 Å². The van der Waals surface area contributed by atoms with Crippen LogP contribution in [0, 0.1) is 5.41 Å². The molecule has 5 nitrogen and oxygen atoms in total. The van der Waals surface area contributed by atoms with Gasteiger partial charge in [-0.1, -0.05) is 6.07 Å². The molecule has 1 unspecified atom stereocenters. The van der Waals surface area contributed by atoms with Gasteiger partial charge < -0.3 is 10.2 Å². The minimum Gasteiger partial charge on any atom is -0.508 e. The van der Waals surface area contributed by atoms with Crippen LogP contribution in [-0.2, 0) is 14.6 Å². The molecule has 0 radical (unpaired) electrons. The summed E-state index contributed by atoms with van der Waals surface area (Å²) >= 11 is 0. The second-order valence-electron chi connectivity index (χ2n) is 5.05. The third kappa shape index (κ3) is 1.68. The summed E-state index contributed by atoms with van der Waals surface area (Å²) in [5, 5.41) is 19.0. The number of phenols is 1. The highest BCUT2D eigenvalue weighted by molar-refractivity contribution is 7.91. The maximum Gasteiger partial charge on any atom is 0.309 e. The van der Waals surface area contributed by atoms with Crippen molar-refractivity contribution >= 4 is 15.8 Å². The Balaban J connectivity index is 2.69. The number of carboxylic acid groups (broad SMARTS) is 1. The molecule has 98 valence electrons. The van der Waals surface area contributed by atoms with Crippen LogP contribution in [0.3, 0.4) is 0 Å². The predicted molar refractivity (Wildman–Crippen MR) is 64.3 cm³/mol. The Morgan fingerprint density at radius 1 is 1.39 bits per heavy atom. The molecule has 2 N–H and O–H groups in total. The molecule has 1 aromatic rings. The van der Waals surface area contributed by atoms with Gasteiger partial charge in [-0.3, -0.25) is 4.79 Å². The Bertz CT molecular complexity index is 615. The number of phenolic OH excluding ortho intramolecular Hbond substituents is 1. The van der Waals surface area contributed by atoms with E-state index in [2.05, 4.69) is 0 Å². The highest BCUT2D eigenvalue weighted by Crippen LogP contribution is 2.48. The molecule has 2 rings (SSSR count). The van der Waals surface area contributed by atoms with E-state index < -0.39 is 27.1 Å². The van der Waals surface area contributed by atoms with E-state index in [4.69, 9.17) is 0 Å². The summed E-state index contributed by atoms with van der Waals surface area (Å²) in [7, 11) is -3.52. The van der Waals surface area contributed by atoms with E-state index in [1.54, 1.807) is 0 Å². The number of benzene rings is 1. The lowest BCUT2D eigenvalue weighted by Gasteiger charge is -2.26. The molecule has 1 aromatic carbocycles. The van der Waals surface area contributed by atoms with Crippen LogP contribution in [-0.4, -0.2) is 30.4 Å². The van der Waals surface area contributed by atoms with Gasteiger partial charge in [0.05, 0.1) is 16.1 Å². The molecule has 0 bridgehead atoms. The van der Waals surface area contributed by atoms with Crippen molar-refractivity contribution < 1.29 is 23.4 Å². The summed E-state index contributed by atoms with van der Waals surface area (Å²) in [4.78, 5) is 11.3. The molecule has 18 heavy (non-hydrogen) atoms. The van der Waals surface area contributed by atoms with Crippen molar-refractivity contribution in [3.05, 3.63) is 23.8 Å². The van der Waals surface area contributed by atoms with Crippen LogP contribution >= 0.6 is 0 Å². The highest BCUT2D eigenvalue weighted by Gasteiger charge is 2.48. The van der Waals surface area contributed by atoms with Crippen LogP contribution in [0.15, 0.2) is 23.1 Å². The average Bonchev–Trinajstić information content (AvgIpc) is 2.53. The smallest absolute Gasteiger partial charge is 0.309 e. The first kappa shape index (κ1) is 12.9. The van der Waals surface area contributed by atoms with E-state index in [-0.39, 0.29) is 22.0 Å². The van der Waals surface area contributed by atoms with E-state index in [0.717, 1.165) is 0 Å². The fourth-order valence-electron chi connectivity index (χ4n) is 2.26. The van der Waals surface area contributed by atoms with Crippen molar-refractivity contribution in [2.75, 3.05) is 5.75 Å². The van der Waals surface area contributed by atoms with Crippen molar-refractivity contribution in [2.45, 2.75) is 24.7 Å². The zero-order chi connectivity index (χ0) is 13.7. The molecular formula is C12H14O5S. The number of hydrogen-bond acceptors (Lipinski definition) is 4. The van der Waals surface area contributed by atoms with Gasteiger partial charge in [-0.25, -0.2) is 8.42 Å². The second-order valence-corrected chi connectivity index (χ2v) is 7.05. The number of aliphatic carboxylic acids is 1. The fourth-order valence-corrected chi connectivity index (χ4v) is 4.33. The van der Waals surface area contributed by atoms with Crippen molar-refractivity contribution in [3.8, 4) is 5.75 Å². The normalized spacial score (nSPS) is 21.6. The van der Waals surface area contributed by atoms with Gasteiger partial charge in [0, 0.05) is 11.5 Å². The maximum absolute atomic E-state index is 12.0. The SMILES string of the molecule is CC(C)(C(=O)O)C1CS(=O)(=O)c2cccc(O)c21. The molecule has 0 spiro atoms. The van der Waals surface area contributed by atoms with E-state index >= 15 is 0 Å². The van der Waals surface area contributed by atoms with Crippen LogP contribution in [0.1, 0.15) is 25.3 Å². The number of aromatic hydroxyl groups is 1. The zero-order valence-corrected chi connectivity index (χ0v) is 10.9. The maximum atomic E-state index is 12.0. The molecule has 1 aliphatic heterocycles. The molecule has 1 atom stereocenters. The van der Waals surface area contributed by atoms with Crippen molar-refractivity contribution in [3.63, 3.8) is 0 Å². The average molecular weight is 270 g/mol. The van der Waals surface area contributed by atoms with Gasteiger partial charge in [0.25, 0.3) is 0 Å². The second kappa shape index (κ2) is 3.71. The molecule has 0 amide bonds. The van der Waals surface area contributed by atoms with Crippen molar-refractivity contribution in [1.29, 1.82) is 0 Å². The van der Waals surface area contributed by atoms with E-state index in [9.17, 15) is 23.4 Å².